The zero-order valence-corrected chi connectivity index (χ0v) is 16.7. The Morgan fingerprint density at radius 2 is 1.64 bits per heavy atom. The van der Waals surface area contributed by atoms with Crippen molar-refractivity contribution in [2.45, 2.75) is 20.3 Å². The topological polar surface area (TPSA) is 88.9 Å². The molecule has 2 N–H and O–H groups in total. The monoisotopic (exact) mass is 417 g/mol. The molecule has 28 heavy (non-hydrogen) atoms. The number of halogens is 2. The molecule has 144 valence electrons. The molecule has 1 aromatic heterocycles. The normalized spacial score (nSPS) is 10.6. The molecular formula is C19H17Cl2N5O2. The lowest BCUT2D eigenvalue weighted by molar-refractivity contribution is -0.114. The van der Waals surface area contributed by atoms with Gasteiger partial charge in [0.2, 0.25) is 11.7 Å². The molecule has 0 spiro atoms. The predicted octanol–water partition coefficient (Wildman–Crippen LogP) is 4.35. The highest BCUT2D eigenvalue weighted by molar-refractivity contribution is 6.37. The van der Waals surface area contributed by atoms with Crippen molar-refractivity contribution in [3.05, 3.63) is 64.2 Å². The summed E-state index contributed by atoms with van der Waals surface area (Å²) in [5, 5.41) is 10.5. The van der Waals surface area contributed by atoms with Crippen LogP contribution in [0.2, 0.25) is 10.0 Å². The van der Waals surface area contributed by atoms with Crippen LogP contribution in [-0.2, 0) is 11.2 Å². The maximum Gasteiger partial charge on any atom is 0.295 e. The molecule has 0 bridgehead atoms. The summed E-state index contributed by atoms with van der Waals surface area (Å²) < 4.78 is 1.48. The van der Waals surface area contributed by atoms with Crippen molar-refractivity contribution in [1.29, 1.82) is 0 Å². The average Bonchev–Trinajstić information content (AvgIpc) is 3.05. The molecule has 0 fully saturated rings. The zero-order chi connectivity index (χ0) is 20.3. The molecule has 3 aromatic rings. The summed E-state index contributed by atoms with van der Waals surface area (Å²) in [5.74, 6) is -0.158. The Labute approximate surface area is 171 Å². The number of amides is 2. The highest BCUT2D eigenvalue weighted by atomic mass is 35.5. The fourth-order valence-electron chi connectivity index (χ4n) is 2.60. The third-order valence-electron chi connectivity index (χ3n) is 3.78. The third kappa shape index (κ3) is 4.32. The third-order valence-corrected chi connectivity index (χ3v) is 4.39. The summed E-state index contributed by atoms with van der Waals surface area (Å²) in [5.41, 5.74) is 1.55. The van der Waals surface area contributed by atoms with Crippen LogP contribution < -0.4 is 10.6 Å². The van der Waals surface area contributed by atoms with E-state index in [9.17, 15) is 9.59 Å². The van der Waals surface area contributed by atoms with Crippen LogP contribution in [0.15, 0.2) is 42.5 Å². The average molecular weight is 418 g/mol. The lowest BCUT2D eigenvalue weighted by Crippen LogP contribution is -2.15. The van der Waals surface area contributed by atoms with Gasteiger partial charge in [0.05, 0.1) is 10.0 Å². The lowest BCUT2D eigenvalue weighted by atomic mass is 10.2. The number of nitrogens with zero attached hydrogens (tertiary/aromatic N) is 3. The first-order valence-electron chi connectivity index (χ1n) is 8.48. The van der Waals surface area contributed by atoms with Crippen LogP contribution in [0.1, 0.15) is 30.3 Å². The standard InChI is InChI=1S/C19H17Cl2N5O2/c1-3-16-24-18(25-26(16)17-14(20)8-5-9-15(17)21)19(28)23-13-7-4-6-12(10-13)22-11(2)27/h4-10H,3H2,1-2H3,(H,22,27)(H,23,28). The van der Waals surface area contributed by atoms with Crippen LogP contribution >= 0.6 is 23.2 Å². The minimum Gasteiger partial charge on any atom is -0.326 e. The second-order valence-electron chi connectivity index (χ2n) is 5.90. The number of hydrogen-bond donors (Lipinski definition) is 2. The van der Waals surface area contributed by atoms with Gasteiger partial charge in [0, 0.05) is 24.7 Å². The summed E-state index contributed by atoms with van der Waals surface area (Å²) >= 11 is 12.5. The number of hydrogen-bond acceptors (Lipinski definition) is 4. The van der Waals surface area contributed by atoms with Gasteiger partial charge in [0.25, 0.3) is 5.91 Å². The maximum atomic E-state index is 12.6. The SMILES string of the molecule is CCc1nc(C(=O)Nc2cccc(NC(C)=O)c2)nn1-c1c(Cl)cccc1Cl. The van der Waals surface area contributed by atoms with Crippen LogP contribution in [0, 0.1) is 0 Å². The first-order valence-corrected chi connectivity index (χ1v) is 9.24. The van der Waals surface area contributed by atoms with Crippen molar-refractivity contribution in [2.24, 2.45) is 0 Å². The summed E-state index contributed by atoms with van der Waals surface area (Å²) in [6.45, 7) is 3.30. The molecule has 0 saturated carbocycles. The Hall–Kier alpha value is -2.90. The number of nitrogens with one attached hydrogen (secondary N) is 2. The van der Waals surface area contributed by atoms with Crippen molar-refractivity contribution in [2.75, 3.05) is 10.6 Å². The first-order chi connectivity index (χ1) is 13.4. The van der Waals surface area contributed by atoms with Gasteiger partial charge in [-0.1, -0.05) is 42.3 Å². The number of carbonyl (C=O) groups is 2. The minimum atomic E-state index is -0.489. The molecule has 7 nitrogen and oxygen atoms in total. The van der Waals surface area contributed by atoms with Crippen LogP contribution in [0.3, 0.4) is 0 Å². The fourth-order valence-corrected chi connectivity index (χ4v) is 3.16. The summed E-state index contributed by atoms with van der Waals surface area (Å²) in [6, 6.07) is 11.9. The number of carbonyl (C=O) groups excluding carboxylic acids is 2. The molecule has 2 amide bonds. The van der Waals surface area contributed by atoms with Gasteiger partial charge >= 0.3 is 0 Å². The molecule has 0 aliphatic heterocycles. The Balaban J connectivity index is 1.90. The predicted molar refractivity (Wildman–Crippen MR) is 109 cm³/mol. The van der Waals surface area contributed by atoms with Crippen molar-refractivity contribution in [3.63, 3.8) is 0 Å². The van der Waals surface area contributed by atoms with Crippen molar-refractivity contribution < 1.29 is 9.59 Å². The van der Waals surface area contributed by atoms with E-state index in [1.165, 1.54) is 11.6 Å². The molecule has 0 aliphatic rings. The summed E-state index contributed by atoms with van der Waals surface area (Å²) in [4.78, 5) is 28.1. The van der Waals surface area contributed by atoms with Gasteiger partial charge in [-0.05, 0) is 30.3 Å². The maximum absolute atomic E-state index is 12.6. The molecule has 0 saturated heterocycles. The number of anilines is 2. The Morgan fingerprint density at radius 1 is 1.04 bits per heavy atom. The number of benzene rings is 2. The molecule has 0 unspecified atom stereocenters. The molecule has 9 heteroatoms. The smallest absolute Gasteiger partial charge is 0.295 e. The molecular weight excluding hydrogens is 401 g/mol. The fraction of sp³-hybridized carbons (Fsp3) is 0.158. The van der Waals surface area contributed by atoms with Gasteiger partial charge in [0.1, 0.15) is 11.5 Å². The highest BCUT2D eigenvalue weighted by Gasteiger charge is 2.20. The first kappa shape index (κ1) is 19.9. The molecule has 1 heterocycles. The zero-order valence-electron chi connectivity index (χ0n) is 15.2. The van der Waals surface area contributed by atoms with E-state index in [0.717, 1.165) is 0 Å². The van der Waals surface area contributed by atoms with Gasteiger partial charge in [-0.15, -0.1) is 5.10 Å². The number of aromatic nitrogens is 3. The van der Waals surface area contributed by atoms with E-state index in [1.807, 2.05) is 6.92 Å². The van der Waals surface area contributed by atoms with E-state index >= 15 is 0 Å². The largest absolute Gasteiger partial charge is 0.326 e. The van der Waals surface area contributed by atoms with Gasteiger partial charge in [-0.3, -0.25) is 9.59 Å². The Bertz CT molecular complexity index is 1030. The highest BCUT2D eigenvalue weighted by Crippen LogP contribution is 2.29. The van der Waals surface area contributed by atoms with Gasteiger partial charge in [-0.2, -0.15) is 0 Å². The van der Waals surface area contributed by atoms with Crippen LogP contribution in [-0.4, -0.2) is 26.6 Å². The Morgan fingerprint density at radius 3 is 2.25 bits per heavy atom. The number of aryl methyl sites for hydroxylation is 1. The van der Waals surface area contributed by atoms with Gasteiger partial charge < -0.3 is 10.6 Å². The molecule has 0 aliphatic carbocycles. The van der Waals surface area contributed by atoms with E-state index < -0.39 is 5.91 Å². The lowest BCUT2D eigenvalue weighted by Gasteiger charge is -2.08. The molecule has 3 rings (SSSR count). The summed E-state index contributed by atoms with van der Waals surface area (Å²) in [7, 11) is 0. The molecule has 0 atom stereocenters. The van der Waals surface area contributed by atoms with E-state index in [1.54, 1.807) is 42.5 Å². The molecule has 2 aromatic carbocycles. The Kier molecular flexibility index (Phi) is 5.96. The second kappa shape index (κ2) is 8.41. The second-order valence-corrected chi connectivity index (χ2v) is 6.72. The number of para-hydroxylation sites is 1. The van der Waals surface area contributed by atoms with Crippen molar-refractivity contribution >= 4 is 46.4 Å². The van der Waals surface area contributed by atoms with E-state index in [-0.39, 0.29) is 11.7 Å². The van der Waals surface area contributed by atoms with Gasteiger partial charge in [0.15, 0.2) is 0 Å². The van der Waals surface area contributed by atoms with Crippen LogP contribution in [0.4, 0.5) is 11.4 Å². The molecule has 0 radical (unpaired) electrons. The van der Waals surface area contributed by atoms with Crippen LogP contribution in [0.25, 0.3) is 5.69 Å². The number of rotatable bonds is 5. The minimum absolute atomic E-state index is 0.0160. The van der Waals surface area contributed by atoms with E-state index in [4.69, 9.17) is 23.2 Å². The van der Waals surface area contributed by atoms with Crippen molar-refractivity contribution in [3.8, 4) is 5.69 Å². The van der Waals surface area contributed by atoms with Crippen LogP contribution in [0.5, 0.6) is 0 Å². The van der Waals surface area contributed by atoms with Crippen molar-refractivity contribution in [1.82, 2.24) is 14.8 Å². The van der Waals surface area contributed by atoms with E-state index in [0.29, 0.717) is 39.4 Å². The summed E-state index contributed by atoms with van der Waals surface area (Å²) in [6.07, 6.45) is 0.528. The van der Waals surface area contributed by atoms with E-state index in [2.05, 4.69) is 20.7 Å². The van der Waals surface area contributed by atoms with Gasteiger partial charge in [-0.25, -0.2) is 9.67 Å². The quantitative estimate of drug-likeness (QED) is 0.645.